The predicted octanol–water partition coefficient (Wildman–Crippen LogP) is -0.509. The molecule has 0 amide bonds. The zero-order chi connectivity index (χ0) is 11.7. The summed E-state index contributed by atoms with van der Waals surface area (Å²) in [5, 5.41) is 13.2. The van der Waals surface area contributed by atoms with Crippen molar-refractivity contribution < 1.29 is 9.84 Å². The van der Waals surface area contributed by atoms with E-state index in [1.807, 2.05) is 0 Å². The summed E-state index contributed by atoms with van der Waals surface area (Å²) in [6, 6.07) is 0. The molecule has 1 saturated heterocycles. The smallest absolute Gasteiger partial charge is 0.368 e. The lowest BCUT2D eigenvalue weighted by Crippen LogP contribution is -2.31. The van der Waals surface area contributed by atoms with Crippen LogP contribution in [0.1, 0.15) is 24.8 Å². The van der Waals surface area contributed by atoms with Crippen LogP contribution in [0, 0.1) is 0 Å². The quantitative estimate of drug-likeness (QED) is 0.701. The first-order valence-electron chi connectivity index (χ1n) is 4.84. The average molecular weight is 224 g/mol. The summed E-state index contributed by atoms with van der Waals surface area (Å²) < 4.78 is 6.18. The van der Waals surface area contributed by atoms with Crippen molar-refractivity contribution in [1.82, 2.24) is 14.8 Å². The van der Waals surface area contributed by atoms with Crippen molar-refractivity contribution in [1.29, 1.82) is 0 Å². The molecule has 16 heavy (non-hydrogen) atoms. The molecule has 0 bridgehead atoms. The second-order valence-corrected chi connectivity index (χ2v) is 3.44. The lowest BCUT2D eigenvalue weighted by molar-refractivity contribution is -0.117. The largest absolute Gasteiger partial charge is 0.382 e. The molecule has 1 aromatic heterocycles. The Labute approximate surface area is 91.2 Å². The maximum absolute atomic E-state index is 11.5. The van der Waals surface area contributed by atoms with Crippen LogP contribution in [0.2, 0.25) is 0 Å². The number of anilines is 1. The molecule has 2 unspecified atom stereocenters. The summed E-state index contributed by atoms with van der Waals surface area (Å²) in [7, 11) is 0. The van der Waals surface area contributed by atoms with Crippen molar-refractivity contribution in [3.63, 3.8) is 0 Å². The van der Waals surface area contributed by atoms with Crippen LogP contribution in [0.15, 0.2) is 11.4 Å². The van der Waals surface area contributed by atoms with Gasteiger partial charge in [-0.1, -0.05) is 6.58 Å². The van der Waals surface area contributed by atoms with Gasteiger partial charge in [0.05, 0.1) is 0 Å². The van der Waals surface area contributed by atoms with Crippen LogP contribution in [0.25, 0.3) is 6.08 Å². The third kappa shape index (κ3) is 1.82. The lowest BCUT2D eigenvalue weighted by Gasteiger charge is -2.12. The summed E-state index contributed by atoms with van der Waals surface area (Å²) in [4.78, 5) is 15.1. The predicted molar refractivity (Wildman–Crippen MR) is 56.2 cm³/mol. The van der Waals surface area contributed by atoms with Crippen molar-refractivity contribution in [2.45, 2.75) is 25.4 Å². The third-order valence-corrected chi connectivity index (χ3v) is 2.33. The molecule has 7 nitrogen and oxygen atoms in total. The molecule has 0 aliphatic carbocycles. The molecule has 0 radical (unpaired) electrons. The van der Waals surface area contributed by atoms with Crippen molar-refractivity contribution >= 4 is 11.9 Å². The fraction of sp³-hybridized carbons (Fsp3) is 0.444. The van der Waals surface area contributed by atoms with Crippen LogP contribution < -0.4 is 11.4 Å². The van der Waals surface area contributed by atoms with Gasteiger partial charge in [-0.05, 0) is 12.5 Å². The van der Waals surface area contributed by atoms with Crippen LogP contribution >= 0.6 is 0 Å². The molecule has 2 atom stereocenters. The van der Waals surface area contributed by atoms with Crippen LogP contribution in [0.3, 0.4) is 0 Å². The highest BCUT2D eigenvalue weighted by molar-refractivity contribution is 5.53. The molecule has 0 aromatic carbocycles. The van der Waals surface area contributed by atoms with Crippen LogP contribution in [-0.4, -0.2) is 26.2 Å². The molecule has 1 aliphatic rings. The van der Waals surface area contributed by atoms with E-state index in [-0.39, 0.29) is 5.82 Å². The van der Waals surface area contributed by atoms with Crippen molar-refractivity contribution in [3.05, 3.63) is 22.8 Å². The Morgan fingerprint density at radius 1 is 1.62 bits per heavy atom. The second kappa shape index (κ2) is 4.03. The van der Waals surface area contributed by atoms with E-state index >= 15 is 0 Å². The standard InChI is InChI=1S/C9H12N4O3/c1-2-5-8(10)11-9(15)13(12-5)6-3-4-7(14)16-6/h2,6-7,14H,1,3-4H2,(H2,10,11,15). The third-order valence-electron chi connectivity index (χ3n) is 2.33. The minimum absolute atomic E-state index is 0.0368. The molecule has 0 spiro atoms. The van der Waals surface area contributed by atoms with E-state index in [0.29, 0.717) is 18.5 Å². The number of nitrogen functional groups attached to an aromatic ring is 1. The number of rotatable bonds is 2. The second-order valence-electron chi connectivity index (χ2n) is 3.44. The van der Waals surface area contributed by atoms with Gasteiger partial charge in [0.15, 0.2) is 18.3 Å². The fourth-order valence-corrected chi connectivity index (χ4v) is 1.54. The number of aromatic nitrogens is 3. The van der Waals surface area contributed by atoms with Gasteiger partial charge in [-0.15, -0.1) is 0 Å². The van der Waals surface area contributed by atoms with Crippen molar-refractivity contribution in [2.24, 2.45) is 0 Å². The summed E-state index contributed by atoms with van der Waals surface area (Å²) in [6.07, 6.45) is 0.935. The van der Waals surface area contributed by atoms with Gasteiger partial charge in [-0.3, -0.25) is 0 Å². The van der Waals surface area contributed by atoms with Gasteiger partial charge in [-0.2, -0.15) is 14.8 Å². The monoisotopic (exact) mass is 224 g/mol. The number of aliphatic hydroxyl groups excluding tert-OH is 1. The molecule has 0 saturated carbocycles. The van der Waals surface area contributed by atoms with Crippen LogP contribution in [0.4, 0.5) is 5.82 Å². The molecular weight excluding hydrogens is 212 g/mol. The molecular formula is C9H12N4O3. The minimum Gasteiger partial charge on any atom is -0.382 e. The first-order valence-corrected chi connectivity index (χ1v) is 4.84. The molecule has 3 N–H and O–H groups in total. The summed E-state index contributed by atoms with van der Waals surface area (Å²) in [6.45, 7) is 3.52. The Hall–Kier alpha value is -1.73. The number of aliphatic hydroxyl groups is 1. The van der Waals surface area contributed by atoms with Gasteiger partial charge in [-0.25, -0.2) is 4.79 Å². The lowest BCUT2D eigenvalue weighted by atomic mass is 10.3. The Kier molecular flexibility index (Phi) is 2.71. The SMILES string of the molecule is C=Cc1nn(C2CCC(O)O2)c(=O)nc1N. The number of nitrogens with two attached hydrogens (primary N) is 1. The topological polar surface area (TPSA) is 103 Å². The highest BCUT2D eigenvalue weighted by atomic mass is 16.6. The molecule has 86 valence electrons. The molecule has 2 heterocycles. The van der Waals surface area contributed by atoms with E-state index in [0.717, 1.165) is 4.68 Å². The van der Waals surface area contributed by atoms with E-state index in [9.17, 15) is 9.90 Å². The zero-order valence-electron chi connectivity index (χ0n) is 8.54. The Balaban J connectivity index is 2.41. The van der Waals surface area contributed by atoms with Gasteiger partial charge in [0, 0.05) is 6.42 Å². The maximum atomic E-state index is 11.5. The van der Waals surface area contributed by atoms with Gasteiger partial charge >= 0.3 is 5.69 Å². The van der Waals surface area contributed by atoms with Gasteiger partial charge in [0.25, 0.3) is 0 Å². The number of nitrogens with zero attached hydrogens (tertiary/aromatic N) is 3. The summed E-state index contributed by atoms with van der Waals surface area (Å²) in [5.41, 5.74) is 5.21. The first kappa shape index (κ1) is 10.8. The van der Waals surface area contributed by atoms with E-state index in [1.165, 1.54) is 6.08 Å². The first-order chi connectivity index (χ1) is 7.61. The maximum Gasteiger partial charge on any atom is 0.368 e. The Morgan fingerprint density at radius 3 is 2.94 bits per heavy atom. The van der Waals surface area contributed by atoms with E-state index in [1.54, 1.807) is 0 Å². The fourth-order valence-electron chi connectivity index (χ4n) is 1.54. The highest BCUT2D eigenvalue weighted by Crippen LogP contribution is 2.24. The molecule has 2 rings (SSSR count). The molecule has 1 aromatic rings. The highest BCUT2D eigenvalue weighted by Gasteiger charge is 2.27. The Morgan fingerprint density at radius 2 is 2.38 bits per heavy atom. The normalized spacial score (nSPS) is 24.6. The van der Waals surface area contributed by atoms with Crippen molar-refractivity contribution in [3.8, 4) is 0 Å². The Bertz CT molecular complexity index is 470. The number of hydrogen-bond acceptors (Lipinski definition) is 6. The summed E-state index contributed by atoms with van der Waals surface area (Å²) in [5.74, 6) is 0.0368. The average Bonchev–Trinajstić information content (AvgIpc) is 2.65. The zero-order valence-corrected chi connectivity index (χ0v) is 8.54. The summed E-state index contributed by atoms with van der Waals surface area (Å²) >= 11 is 0. The van der Waals surface area contributed by atoms with Crippen LogP contribution in [0.5, 0.6) is 0 Å². The van der Waals surface area contributed by atoms with Gasteiger partial charge in [0.1, 0.15) is 5.69 Å². The molecule has 7 heteroatoms. The van der Waals surface area contributed by atoms with E-state index in [4.69, 9.17) is 10.5 Å². The van der Waals surface area contributed by atoms with Gasteiger partial charge < -0.3 is 15.6 Å². The number of hydrogen-bond donors (Lipinski definition) is 2. The number of ether oxygens (including phenoxy) is 1. The molecule has 1 fully saturated rings. The van der Waals surface area contributed by atoms with E-state index in [2.05, 4.69) is 16.7 Å². The van der Waals surface area contributed by atoms with Crippen molar-refractivity contribution in [2.75, 3.05) is 5.73 Å². The van der Waals surface area contributed by atoms with Crippen LogP contribution in [-0.2, 0) is 4.74 Å². The van der Waals surface area contributed by atoms with Gasteiger partial charge in [0.2, 0.25) is 0 Å². The molecule has 1 aliphatic heterocycles. The van der Waals surface area contributed by atoms with E-state index < -0.39 is 18.2 Å². The minimum atomic E-state index is -0.858.